The summed E-state index contributed by atoms with van der Waals surface area (Å²) in [5, 5.41) is 0. The van der Waals surface area contributed by atoms with Crippen LogP contribution in [-0.4, -0.2) is 17.9 Å². The van der Waals surface area contributed by atoms with Gasteiger partial charge in [0.05, 0.1) is 11.7 Å². The van der Waals surface area contributed by atoms with Gasteiger partial charge in [-0.05, 0) is 31.9 Å². The van der Waals surface area contributed by atoms with E-state index in [1.165, 1.54) is 16.9 Å². The van der Waals surface area contributed by atoms with Crippen molar-refractivity contribution in [1.29, 1.82) is 0 Å². The topological polar surface area (TPSA) is 33.2 Å². The van der Waals surface area contributed by atoms with E-state index in [2.05, 4.69) is 24.0 Å². The molecule has 4 heteroatoms. The molecule has 0 atom stereocenters. The molecule has 1 heterocycles. The average Bonchev–Trinajstić information content (AvgIpc) is 2.79. The van der Waals surface area contributed by atoms with E-state index >= 15 is 0 Å². The molecule has 0 saturated carbocycles. The Balaban J connectivity index is 2.40. The maximum atomic E-state index is 12.3. The van der Waals surface area contributed by atoms with Crippen LogP contribution in [0.1, 0.15) is 26.4 Å². The molecule has 0 saturated heterocycles. The van der Waals surface area contributed by atoms with Gasteiger partial charge in [0.25, 0.3) is 5.91 Å². The number of amides is 1. The van der Waals surface area contributed by atoms with Crippen LogP contribution in [0.5, 0.6) is 0 Å². The van der Waals surface area contributed by atoms with Gasteiger partial charge >= 0.3 is 0 Å². The van der Waals surface area contributed by atoms with E-state index in [-0.39, 0.29) is 5.91 Å². The zero-order valence-corrected chi connectivity index (χ0v) is 11.8. The highest BCUT2D eigenvalue weighted by Crippen LogP contribution is 2.27. The third-order valence-corrected chi connectivity index (χ3v) is 3.68. The van der Waals surface area contributed by atoms with Gasteiger partial charge in [-0.2, -0.15) is 0 Å². The summed E-state index contributed by atoms with van der Waals surface area (Å²) in [6.45, 7) is 6.13. The molecule has 2 rings (SSSR count). The highest BCUT2D eigenvalue weighted by atomic mass is 32.1. The number of aryl methyl sites for hydroxylation is 3. The van der Waals surface area contributed by atoms with Gasteiger partial charge in [-0.1, -0.05) is 17.7 Å². The number of hydrogen-bond donors (Lipinski definition) is 0. The average molecular weight is 260 g/mol. The van der Waals surface area contributed by atoms with Crippen molar-refractivity contribution >= 4 is 22.9 Å². The first-order valence-electron chi connectivity index (χ1n) is 5.75. The highest BCUT2D eigenvalue weighted by Gasteiger charge is 2.18. The van der Waals surface area contributed by atoms with E-state index < -0.39 is 0 Å². The van der Waals surface area contributed by atoms with Crippen molar-refractivity contribution in [2.75, 3.05) is 11.9 Å². The van der Waals surface area contributed by atoms with Gasteiger partial charge in [0.15, 0.2) is 0 Å². The third-order valence-electron chi connectivity index (χ3n) is 2.92. The number of hydrogen-bond acceptors (Lipinski definition) is 3. The number of carbonyl (C=O) groups is 1. The molecule has 0 bridgehead atoms. The first-order valence-corrected chi connectivity index (χ1v) is 6.63. The molecule has 0 spiro atoms. The number of benzene rings is 1. The molecular formula is C14H16N2OS. The lowest BCUT2D eigenvalue weighted by atomic mass is 10.0. The maximum absolute atomic E-state index is 12.3. The number of nitrogens with zero attached hydrogens (tertiary/aromatic N) is 2. The van der Waals surface area contributed by atoms with E-state index in [1.807, 2.05) is 20.9 Å². The Labute approximate surface area is 111 Å². The maximum Gasteiger partial charge on any atom is 0.269 e. The van der Waals surface area contributed by atoms with E-state index in [0.29, 0.717) is 4.88 Å². The predicted octanol–water partition coefficient (Wildman–Crippen LogP) is 3.34. The SMILES string of the molecule is Cc1cc(C)c(N(C)C(=O)c2cncs2)c(C)c1. The van der Waals surface area contributed by atoms with Crippen molar-refractivity contribution in [2.45, 2.75) is 20.8 Å². The number of aromatic nitrogens is 1. The Hall–Kier alpha value is -1.68. The van der Waals surface area contributed by atoms with Crippen molar-refractivity contribution in [2.24, 2.45) is 0 Å². The van der Waals surface area contributed by atoms with Gasteiger partial charge in [0.1, 0.15) is 4.88 Å². The van der Waals surface area contributed by atoms with Crippen LogP contribution in [0.15, 0.2) is 23.8 Å². The Morgan fingerprint density at radius 1 is 1.22 bits per heavy atom. The smallest absolute Gasteiger partial charge is 0.269 e. The zero-order valence-electron chi connectivity index (χ0n) is 11.0. The monoisotopic (exact) mass is 260 g/mol. The summed E-state index contributed by atoms with van der Waals surface area (Å²) < 4.78 is 0. The number of thiazole rings is 1. The van der Waals surface area contributed by atoms with Crippen LogP contribution in [-0.2, 0) is 0 Å². The van der Waals surface area contributed by atoms with Gasteiger partial charge in [-0.15, -0.1) is 11.3 Å². The predicted molar refractivity (Wildman–Crippen MR) is 75.5 cm³/mol. The van der Waals surface area contributed by atoms with E-state index in [9.17, 15) is 4.79 Å². The quantitative estimate of drug-likeness (QED) is 0.829. The minimum absolute atomic E-state index is 0.00690. The first kappa shape index (κ1) is 12.8. The molecule has 1 amide bonds. The van der Waals surface area contributed by atoms with Crippen LogP contribution in [0.25, 0.3) is 0 Å². The molecule has 0 radical (unpaired) electrons. The Morgan fingerprint density at radius 3 is 2.33 bits per heavy atom. The fourth-order valence-corrected chi connectivity index (χ4v) is 2.88. The van der Waals surface area contributed by atoms with Crippen LogP contribution in [0.4, 0.5) is 5.69 Å². The van der Waals surface area contributed by atoms with Crippen LogP contribution >= 0.6 is 11.3 Å². The normalized spacial score (nSPS) is 10.4. The second-order valence-corrected chi connectivity index (χ2v) is 5.36. The molecule has 0 fully saturated rings. The lowest BCUT2D eigenvalue weighted by Crippen LogP contribution is -2.27. The van der Waals surface area contributed by atoms with Crippen LogP contribution in [0.2, 0.25) is 0 Å². The van der Waals surface area contributed by atoms with Crippen molar-refractivity contribution in [1.82, 2.24) is 4.98 Å². The van der Waals surface area contributed by atoms with E-state index in [4.69, 9.17) is 0 Å². The molecule has 0 aliphatic carbocycles. The minimum atomic E-state index is -0.00690. The Bertz CT molecular complexity index is 552. The molecule has 2 aromatic rings. The second kappa shape index (κ2) is 4.90. The van der Waals surface area contributed by atoms with Crippen molar-refractivity contribution in [3.8, 4) is 0 Å². The van der Waals surface area contributed by atoms with Gasteiger partial charge in [0, 0.05) is 12.7 Å². The Kier molecular flexibility index (Phi) is 3.48. The molecule has 18 heavy (non-hydrogen) atoms. The molecule has 3 nitrogen and oxygen atoms in total. The van der Waals surface area contributed by atoms with Crippen molar-refractivity contribution < 1.29 is 4.79 Å². The Morgan fingerprint density at radius 2 is 1.83 bits per heavy atom. The lowest BCUT2D eigenvalue weighted by Gasteiger charge is -2.21. The van der Waals surface area contributed by atoms with Crippen molar-refractivity contribution in [3.05, 3.63) is 45.4 Å². The number of carbonyl (C=O) groups excluding carboxylic acids is 1. The summed E-state index contributed by atoms with van der Waals surface area (Å²) in [7, 11) is 1.81. The summed E-state index contributed by atoms with van der Waals surface area (Å²) in [6.07, 6.45) is 1.61. The molecule has 0 unspecified atom stereocenters. The fraction of sp³-hybridized carbons (Fsp3) is 0.286. The summed E-state index contributed by atoms with van der Waals surface area (Å²) >= 11 is 1.37. The van der Waals surface area contributed by atoms with Gasteiger partial charge in [-0.25, -0.2) is 0 Å². The molecule has 1 aromatic carbocycles. The molecule has 0 N–H and O–H groups in total. The molecular weight excluding hydrogens is 244 g/mol. The first-order chi connectivity index (χ1) is 8.50. The lowest BCUT2D eigenvalue weighted by molar-refractivity contribution is 0.0996. The highest BCUT2D eigenvalue weighted by molar-refractivity contribution is 7.11. The van der Waals surface area contributed by atoms with Crippen LogP contribution in [0.3, 0.4) is 0 Å². The number of anilines is 1. The van der Waals surface area contributed by atoms with Gasteiger partial charge in [-0.3, -0.25) is 9.78 Å². The fourth-order valence-electron chi connectivity index (χ4n) is 2.29. The largest absolute Gasteiger partial charge is 0.310 e. The summed E-state index contributed by atoms with van der Waals surface area (Å²) in [4.78, 5) is 18.6. The molecule has 1 aromatic heterocycles. The zero-order chi connectivity index (χ0) is 13.3. The number of rotatable bonds is 2. The minimum Gasteiger partial charge on any atom is -0.310 e. The standard InChI is InChI=1S/C14H16N2OS/c1-9-5-10(2)13(11(3)6-9)16(4)14(17)12-7-15-8-18-12/h5-8H,1-4H3. The van der Waals surface area contributed by atoms with E-state index in [0.717, 1.165) is 16.8 Å². The molecule has 0 aliphatic heterocycles. The van der Waals surface area contributed by atoms with Crippen molar-refractivity contribution in [3.63, 3.8) is 0 Å². The van der Waals surface area contributed by atoms with Crippen LogP contribution < -0.4 is 4.90 Å². The molecule has 0 aliphatic rings. The van der Waals surface area contributed by atoms with Gasteiger partial charge < -0.3 is 4.90 Å². The third kappa shape index (κ3) is 2.29. The summed E-state index contributed by atoms with van der Waals surface area (Å²) in [5.41, 5.74) is 6.11. The van der Waals surface area contributed by atoms with Gasteiger partial charge in [0.2, 0.25) is 0 Å². The van der Waals surface area contributed by atoms with Crippen LogP contribution in [0, 0.1) is 20.8 Å². The summed E-state index contributed by atoms with van der Waals surface area (Å²) in [6, 6.07) is 4.19. The molecule has 94 valence electrons. The van der Waals surface area contributed by atoms with E-state index in [1.54, 1.807) is 16.6 Å². The second-order valence-electron chi connectivity index (χ2n) is 4.48. The summed E-state index contributed by atoms with van der Waals surface area (Å²) in [5.74, 6) is -0.00690.